The fourth-order valence-electron chi connectivity index (χ4n) is 1.57. The smallest absolute Gasteiger partial charge is 0.293 e. The van der Waals surface area contributed by atoms with Crippen molar-refractivity contribution in [1.82, 2.24) is 0 Å². The average Bonchev–Trinajstić information content (AvgIpc) is 2.41. The summed E-state index contributed by atoms with van der Waals surface area (Å²) in [5, 5.41) is 21.7. The highest BCUT2D eigenvalue weighted by atomic mass is 32.2. The van der Waals surface area contributed by atoms with Crippen LogP contribution in [0, 0.1) is 20.2 Å². The molecule has 0 aliphatic rings. The van der Waals surface area contributed by atoms with Gasteiger partial charge in [-0.25, -0.2) is 0 Å². The Kier molecular flexibility index (Phi) is 3.85. The van der Waals surface area contributed by atoms with E-state index in [2.05, 4.69) is 0 Å². The molecule has 7 nitrogen and oxygen atoms in total. The van der Waals surface area contributed by atoms with Crippen molar-refractivity contribution in [3.63, 3.8) is 0 Å². The second-order valence-corrected chi connectivity index (χ2v) is 4.92. The van der Waals surface area contributed by atoms with Crippen LogP contribution in [0.4, 0.5) is 17.1 Å². The van der Waals surface area contributed by atoms with Gasteiger partial charge in [0.05, 0.1) is 14.7 Å². The highest BCUT2D eigenvalue weighted by Gasteiger charge is 2.16. The molecular formula is C12H9N3O4S. The fraction of sp³-hybridized carbons (Fsp3) is 0. The van der Waals surface area contributed by atoms with E-state index in [4.69, 9.17) is 5.73 Å². The summed E-state index contributed by atoms with van der Waals surface area (Å²) in [6, 6.07) is 10.5. The molecule has 0 aliphatic heterocycles. The normalized spacial score (nSPS) is 10.2. The molecule has 102 valence electrons. The molecule has 2 N–H and O–H groups in total. The highest BCUT2D eigenvalue weighted by Crippen LogP contribution is 2.37. The summed E-state index contributed by atoms with van der Waals surface area (Å²) < 4.78 is 0. The Labute approximate surface area is 117 Å². The minimum absolute atomic E-state index is 0.0445. The molecule has 0 amide bonds. The van der Waals surface area contributed by atoms with Gasteiger partial charge in [-0.15, -0.1) is 0 Å². The van der Waals surface area contributed by atoms with Crippen molar-refractivity contribution in [3.05, 3.63) is 62.7 Å². The van der Waals surface area contributed by atoms with Crippen LogP contribution < -0.4 is 5.73 Å². The monoisotopic (exact) mass is 291 g/mol. The summed E-state index contributed by atoms with van der Waals surface area (Å²) in [6.45, 7) is 0. The predicted molar refractivity (Wildman–Crippen MR) is 74.7 cm³/mol. The van der Waals surface area contributed by atoms with Crippen molar-refractivity contribution in [2.24, 2.45) is 0 Å². The molecule has 0 saturated carbocycles. The predicted octanol–water partition coefficient (Wildman–Crippen LogP) is 3.24. The van der Waals surface area contributed by atoms with Crippen molar-refractivity contribution in [2.75, 3.05) is 5.73 Å². The number of nitrogens with zero attached hydrogens (tertiary/aromatic N) is 2. The molecule has 2 rings (SSSR count). The van der Waals surface area contributed by atoms with Gasteiger partial charge in [0.2, 0.25) is 0 Å². The Hall–Kier alpha value is -2.61. The maximum absolute atomic E-state index is 10.9. The van der Waals surface area contributed by atoms with Gasteiger partial charge < -0.3 is 5.73 Å². The van der Waals surface area contributed by atoms with Crippen LogP contribution in [0.25, 0.3) is 0 Å². The van der Waals surface area contributed by atoms with Crippen molar-refractivity contribution >= 4 is 28.8 Å². The molecule has 2 aromatic rings. The van der Waals surface area contributed by atoms with Gasteiger partial charge in [-0.1, -0.05) is 23.9 Å². The quantitative estimate of drug-likeness (QED) is 0.525. The second-order valence-electron chi connectivity index (χ2n) is 3.80. The van der Waals surface area contributed by atoms with E-state index in [9.17, 15) is 20.2 Å². The summed E-state index contributed by atoms with van der Waals surface area (Å²) in [7, 11) is 0. The lowest BCUT2D eigenvalue weighted by molar-refractivity contribution is -0.387. The molecule has 0 fully saturated rings. The van der Waals surface area contributed by atoms with Crippen LogP contribution in [0.15, 0.2) is 52.3 Å². The number of anilines is 1. The molecule has 2 aromatic carbocycles. The first-order valence-electron chi connectivity index (χ1n) is 5.44. The number of nitrogens with two attached hydrogens (primary N) is 1. The molecule has 0 unspecified atom stereocenters. The topological polar surface area (TPSA) is 112 Å². The third-order valence-corrected chi connectivity index (χ3v) is 3.54. The number of rotatable bonds is 4. The molecule has 20 heavy (non-hydrogen) atoms. The van der Waals surface area contributed by atoms with E-state index in [1.165, 1.54) is 18.2 Å². The molecule has 0 aliphatic carbocycles. The molecule has 0 saturated heterocycles. The first-order valence-corrected chi connectivity index (χ1v) is 6.26. The fourth-order valence-corrected chi connectivity index (χ4v) is 2.52. The van der Waals surface area contributed by atoms with Crippen LogP contribution in [0.3, 0.4) is 0 Å². The van der Waals surface area contributed by atoms with Gasteiger partial charge in [-0.3, -0.25) is 20.2 Å². The minimum Gasteiger partial charge on any atom is -0.393 e. The zero-order valence-electron chi connectivity index (χ0n) is 10.1. The van der Waals surface area contributed by atoms with Gasteiger partial charge in [0.1, 0.15) is 5.69 Å². The largest absolute Gasteiger partial charge is 0.393 e. The van der Waals surface area contributed by atoms with Crippen LogP contribution in [-0.4, -0.2) is 9.85 Å². The maximum Gasteiger partial charge on any atom is 0.293 e. The van der Waals surface area contributed by atoms with Gasteiger partial charge >= 0.3 is 0 Å². The second kappa shape index (κ2) is 5.57. The Balaban J connectivity index is 2.38. The molecule has 8 heteroatoms. The molecule has 0 bridgehead atoms. The van der Waals surface area contributed by atoms with Crippen LogP contribution in [0.5, 0.6) is 0 Å². The van der Waals surface area contributed by atoms with Gasteiger partial charge in [0.25, 0.3) is 11.4 Å². The van der Waals surface area contributed by atoms with Crippen LogP contribution in [0.1, 0.15) is 0 Å². The van der Waals surface area contributed by atoms with E-state index in [0.717, 1.165) is 11.8 Å². The van der Waals surface area contributed by atoms with E-state index in [-0.39, 0.29) is 17.1 Å². The lowest BCUT2D eigenvalue weighted by atomic mass is 10.3. The summed E-state index contributed by atoms with van der Waals surface area (Å²) >= 11 is 1.08. The molecule has 0 spiro atoms. The summed E-state index contributed by atoms with van der Waals surface area (Å²) in [5.74, 6) is 0. The van der Waals surface area contributed by atoms with E-state index < -0.39 is 9.85 Å². The standard InChI is InChI=1S/C12H9N3O4S/c13-9-6-5-8(7-11(9)15(18)19)20-12-4-2-1-3-10(12)14(16)17/h1-7H,13H2. The maximum atomic E-state index is 10.9. The number of para-hydroxylation sites is 1. The Bertz CT molecular complexity index is 690. The van der Waals surface area contributed by atoms with E-state index >= 15 is 0 Å². The summed E-state index contributed by atoms with van der Waals surface area (Å²) in [6.07, 6.45) is 0. The van der Waals surface area contributed by atoms with E-state index in [1.807, 2.05) is 0 Å². The number of benzene rings is 2. The molecule has 0 aromatic heterocycles. The Morgan fingerprint density at radius 1 is 0.950 bits per heavy atom. The lowest BCUT2D eigenvalue weighted by Crippen LogP contribution is -1.95. The number of hydrogen-bond acceptors (Lipinski definition) is 6. The van der Waals surface area contributed by atoms with Crippen LogP contribution in [0.2, 0.25) is 0 Å². The molecular weight excluding hydrogens is 282 g/mol. The van der Waals surface area contributed by atoms with Crippen LogP contribution >= 0.6 is 11.8 Å². The lowest BCUT2D eigenvalue weighted by Gasteiger charge is -2.04. The number of nitro benzene ring substituents is 2. The van der Waals surface area contributed by atoms with Gasteiger partial charge in [-0.05, 0) is 18.2 Å². The first kappa shape index (κ1) is 13.8. The molecule has 0 radical (unpaired) electrons. The Morgan fingerprint density at radius 3 is 2.25 bits per heavy atom. The third kappa shape index (κ3) is 2.86. The average molecular weight is 291 g/mol. The van der Waals surface area contributed by atoms with Crippen molar-refractivity contribution in [1.29, 1.82) is 0 Å². The van der Waals surface area contributed by atoms with Gasteiger partial charge in [0, 0.05) is 17.0 Å². The molecule has 0 atom stereocenters. The number of nitro groups is 2. The van der Waals surface area contributed by atoms with Crippen LogP contribution in [-0.2, 0) is 0 Å². The van der Waals surface area contributed by atoms with Crippen molar-refractivity contribution in [3.8, 4) is 0 Å². The van der Waals surface area contributed by atoms with E-state index in [0.29, 0.717) is 9.79 Å². The number of hydrogen-bond donors (Lipinski definition) is 1. The zero-order valence-corrected chi connectivity index (χ0v) is 10.9. The minimum atomic E-state index is -0.585. The summed E-state index contributed by atoms with van der Waals surface area (Å²) in [5.41, 5.74) is 5.30. The van der Waals surface area contributed by atoms with Gasteiger partial charge in [0.15, 0.2) is 0 Å². The van der Waals surface area contributed by atoms with Crippen molar-refractivity contribution in [2.45, 2.75) is 9.79 Å². The SMILES string of the molecule is Nc1ccc(Sc2ccccc2[N+](=O)[O-])cc1[N+](=O)[O-]. The molecule has 0 heterocycles. The highest BCUT2D eigenvalue weighted by molar-refractivity contribution is 7.99. The summed E-state index contributed by atoms with van der Waals surface area (Å²) in [4.78, 5) is 21.6. The number of nitrogen functional groups attached to an aromatic ring is 1. The first-order chi connectivity index (χ1) is 9.49. The van der Waals surface area contributed by atoms with E-state index in [1.54, 1.807) is 24.3 Å². The third-order valence-electron chi connectivity index (χ3n) is 2.49. The zero-order chi connectivity index (χ0) is 14.7. The Morgan fingerprint density at radius 2 is 1.60 bits per heavy atom. The van der Waals surface area contributed by atoms with Gasteiger partial charge in [-0.2, -0.15) is 0 Å². The van der Waals surface area contributed by atoms with Crippen molar-refractivity contribution < 1.29 is 9.85 Å².